The summed E-state index contributed by atoms with van der Waals surface area (Å²) >= 11 is 7.19. The zero-order valence-corrected chi connectivity index (χ0v) is 16.6. The zero-order valence-electron chi connectivity index (χ0n) is 15.1. The Kier molecular flexibility index (Phi) is 6.13. The van der Waals surface area contributed by atoms with Crippen LogP contribution in [0.1, 0.15) is 35.9 Å². The van der Waals surface area contributed by atoms with E-state index in [1.54, 1.807) is 7.11 Å². The number of nitrogens with zero attached hydrogens (tertiary/aromatic N) is 3. The fourth-order valence-electron chi connectivity index (χ4n) is 3.17. The number of anilines is 1. The summed E-state index contributed by atoms with van der Waals surface area (Å²) < 4.78 is 5.56. The van der Waals surface area contributed by atoms with Crippen molar-refractivity contribution in [1.29, 1.82) is 0 Å². The highest BCUT2D eigenvalue weighted by Gasteiger charge is 2.33. The maximum absolute atomic E-state index is 12.5. The monoisotopic (exact) mass is 412 g/mol. The molecule has 2 atom stereocenters. The van der Waals surface area contributed by atoms with Crippen LogP contribution < -0.4 is 10.2 Å². The van der Waals surface area contributed by atoms with Crippen molar-refractivity contribution >= 4 is 45.7 Å². The van der Waals surface area contributed by atoms with Gasteiger partial charge in [0.15, 0.2) is 5.13 Å². The van der Waals surface area contributed by atoms with Gasteiger partial charge in [0.1, 0.15) is 15.7 Å². The molecule has 3 rings (SSSR count). The number of carbonyl (C=O) groups is 2. The lowest BCUT2D eigenvalue weighted by Gasteiger charge is -2.37. The van der Waals surface area contributed by atoms with Gasteiger partial charge in [0.05, 0.1) is 18.3 Å². The number of carboxylic acid groups (broad SMARTS) is 1. The van der Waals surface area contributed by atoms with Crippen molar-refractivity contribution in [3.63, 3.8) is 0 Å². The third-order valence-corrected chi connectivity index (χ3v) is 6.15. The number of rotatable bonds is 6. The van der Waals surface area contributed by atoms with Crippen LogP contribution in [0.15, 0.2) is 21.9 Å². The van der Waals surface area contributed by atoms with Crippen molar-refractivity contribution in [1.82, 2.24) is 10.3 Å². The Morgan fingerprint density at radius 1 is 1.52 bits per heavy atom. The molecular formula is C17H21ClN4O4S. The summed E-state index contributed by atoms with van der Waals surface area (Å²) in [6, 6.07) is -0.162. The maximum Gasteiger partial charge on any atom is 0.347 e. The number of thiazole rings is 1. The highest BCUT2D eigenvalue weighted by atomic mass is 35.5. The maximum atomic E-state index is 12.5. The number of amides is 1. The van der Waals surface area contributed by atoms with Gasteiger partial charge in [-0.25, -0.2) is 14.8 Å². The number of methoxy groups -OCH3 is 1. The van der Waals surface area contributed by atoms with Gasteiger partial charge >= 0.3 is 5.97 Å². The molecule has 1 aromatic rings. The number of nitrogens with one attached hydrogen (secondary N) is 1. The van der Waals surface area contributed by atoms with Gasteiger partial charge in [0, 0.05) is 26.6 Å². The van der Waals surface area contributed by atoms with E-state index < -0.39 is 5.97 Å². The smallest absolute Gasteiger partial charge is 0.347 e. The Hall–Kier alpha value is -1.97. The number of aromatic carboxylic acids is 1. The Morgan fingerprint density at radius 2 is 2.30 bits per heavy atom. The van der Waals surface area contributed by atoms with Gasteiger partial charge in [0.25, 0.3) is 5.91 Å². The molecule has 0 aliphatic carbocycles. The van der Waals surface area contributed by atoms with Crippen LogP contribution in [0.25, 0.3) is 0 Å². The molecule has 1 amide bonds. The van der Waals surface area contributed by atoms with Gasteiger partial charge in [-0.15, -0.1) is 0 Å². The van der Waals surface area contributed by atoms with Crippen LogP contribution in [0.3, 0.4) is 0 Å². The summed E-state index contributed by atoms with van der Waals surface area (Å²) in [6.07, 6.45) is 3.02. The van der Waals surface area contributed by atoms with Crippen LogP contribution in [0.2, 0.25) is 0 Å². The van der Waals surface area contributed by atoms with Crippen LogP contribution in [-0.2, 0) is 9.53 Å². The molecule has 27 heavy (non-hydrogen) atoms. The third-order valence-electron chi connectivity index (χ3n) is 4.75. The molecule has 3 heterocycles. The van der Waals surface area contributed by atoms with Gasteiger partial charge < -0.3 is 20.1 Å². The average molecular weight is 413 g/mol. The van der Waals surface area contributed by atoms with E-state index in [-0.39, 0.29) is 22.9 Å². The average Bonchev–Trinajstić information content (AvgIpc) is 3.29. The number of halogens is 1. The highest BCUT2D eigenvalue weighted by Crippen LogP contribution is 2.28. The second-order valence-corrected chi connectivity index (χ2v) is 7.75. The molecule has 0 unspecified atom stereocenters. The molecule has 1 fully saturated rings. The van der Waals surface area contributed by atoms with Crippen molar-refractivity contribution in [2.75, 3.05) is 25.1 Å². The topological polar surface area (TPSA) is 104 Å². The predicted molar refractivity (Wildman–Crippen MR) is 104 cm³/mol. The molecule has 0 spiro atoms. The van der Waals surface area contributed by atoms with Crippen molar-refractivity contribution < 1.29 is 19.4 Å². The van der Waals surface area contributed by atoms with Crippen molar-refractivity contribution in [2.24, 2.45) is 4.99 Å². The summed E-state index contributed by atoms with van der Waals surface area (Å²) in [5.41, 5.74) is 1.40. The zero-order chi connectivity index (χ0) is 19.6. The minimum atomic E-state index is -0.986. The number of hydrogen-bond acceptors (Lipinski definition) is 7. The Bertz CT molecular complexity index is 807. The van der Waals surface area contributed by atoms with Gasteiger partial charge in [0.2, 0.25) is 0 Å². The lowest BCUT2D eigenvalue weighted by Crippen LogP contribution is -2.55. The number of carboxylic acids is 1. The first-order chi connectivity index (χ1) is 12.9. The van der Waals surface area contributed by atoms with E-state index >= 15 is 0 Å². The first kappa shape index (κ1) is 19.8. The van der Waals surface area contributed by atoms with Gasteiger partial charge in [-0.05, 0) is 18.4 Å². The summed E-state index contributed by atoms with van der Waals surface area (Å²) in [5, 5.41) is 13.1. The molecular weight excluding hydrogens is 392 g/mol. The molecule has 1 aromatic heterocycles. The number of carbonyl (C=O) groups excluding carboxylic acids is 1. The molecule has 2 N–H and O–H groups in total. The summed E-state index contributed by atoms with van der Waals surface area (Å²) in [4.78, 5) is 34.1. The number of allylic oxidation sites excluding steroid dienone is 1. The number of aliphatic imine (C=N–C) groups is 1. The lowest BCUT2D eigenvalue weighted by molar-refractivity contribution is -0.116. The van der Waals surface area contributed by atoms with E-state index in [9.17, 15) is 9.59 Å². The van der Waals surface area contributed by atoms with E-state index in [1.165, 1.54) is 6.20 Å². The van der Waals surface area contributed by atoms with E-state index in [0.29, 0.717) is 41.9 Å². The Labute approximate surface area is 165 Å². The Morgan fingerprint density at radius 3 is 2.89 bits per heavy atom. The van der Waals surface area contributed by atoms with Gasteiger partial charge in [-0.3, -0.25) is 4.79 Å². The van der Waals surface area contributed by atoms with Crippen molar-refractivity contribution in [3.8, 4) is 0 Å². The predicted octanol–water partition coefficient (Wildman–Crippen LogP) is 2.26. The molecule has 0 saturated carbocycles. The number of hydrogen-bond donors (Lipinski definition) is 2. The fourth-order valence-corrected chi connectivity index (χ4v) is 4.26. The highest BCUT2D eigenvalue weighted by molar-refractivity contribution is 7.17. The Balaban J connectivity index is 1.61. The fraction of sp³-hybridized carbons (Fsp3) is 0.529. The second kappa shape index (κ2) is 8.37. The molecule has 2 aliphatic rings. The SMILES string of the molecule is CCC1=C(Cl)N=C(C(=O)N[C@@H]2CCN(c3ncc(C(=O)O)s3)C[C@@H]2OC)C1. The first-order valence-electron chi connectivity index (χ1n) is 8.65. The second-order valence-electron chi connectivity index (χ2n) is 6.38. The minimum Gasteiger partial charge on any atom is -0.477 e. The number of piperidine rings is 1. The standard InChI is InChI=1S/C17H21ClN4O4S/c1-3-9-6-11(20-14(9)18)15(23)21-10-4-5-22(8-12(10)26-2)17-19-7-13(27-17)16(24)25/h7,10,12H,3-6,8H2,1-2H3,(H,21,23)(H,24,25)/t10-,12+/m1/s1. The van der Waals surface area contributed by atoms with E-state index in [2.05, 4.69) is 15.3 Å². The van der Waals surface area contributed by atoms with Crippen LogP contribution in [-0.4, -0.2) is 60.0 Å². The molecule has 2 aliphatic heterocycles. The van der Waals surface area contributed by atoms with Crippen LogP contribution >= 0.6 is 22.9 Å². The van der Waals surface area contributed by atoms with Crippen LogP contribution in [0.5, 0.6) is 0 Å². The molecule has 0 radical (unpaired) electrons. The van der Waals surface area contributed by atoms with E-state index in [0.717, 1.165) is 23.3 Å². The molecule has 0 aromatic carbocycles. The van der Waals surface area contributed by atoms with Crippen LogP contribution in [0.4, 0.5) is 5.13 Å². The largest absolute Gasteiger partial charge is 0.477 e. The van der Waals surface area contributed by atoms with Crippen molar-refractivity contribution in [3.05, 3.63) is 21.8 Å². The van der Waals surface area contributed by atoms with Gasteiger partial charge in [-0.2, -0.15) is 0 Å². The normalized spacial score (nSPS) is 22.8. The molecule has 0 bridgehead atoms. The molecule has 10 heteroatoms. The quantitative estimate of drug-likeness (QED) is 0.694. The molecule has 8 nitrogen and oxygen atoms in total. The van der Waals surface area contributed by atoms with Gasteiger partial charge in [-0.1, -0.05) is 29.9 Å². The van der Waals surface area contributed by atoms with E-state index in [4.69, 9.17) is 21.4 Å². The lowest BCUT2D eigenvalue weighted by atomic mass is 10.0. The minimum absolute atomic E-state index is 0.162. The molecule has 1 saturated heterocycles. The number of aromatic nitrogens is 1. The van der Waals surface area contributed by atoms with E-state index in [1.807, 2.05) is 11.8 Å². The summed E-state index contributed by atoms with van der Waals surface area (Å²) in [7, 11) is 1.60. The first-order valence-corrected chi connectivity index (χ1v) is 9.85. The van der Waals surface area contributed by atoms with Crippen molar-refractivity contribution in [2.45, 2.75) is 38.3 Å². The third kappa shape index (κ3) is 4.31. The van der Waals surface area contributed by atoms with Crippen LogP contribution in [0, 0.1) is 0 Å². The molecule has 146 valence electrons. The number of ether oxygens (including phenoxy) is 1. The summed E-state index contributed by atoms with van der Waals surface area (Å²) in [6.45, 7) is 3.14. The summed E-state index contributed by atoms with van der Waals surface area (Å²) in [5.74, 6) is -1.21.